The highest BCUT2D eigenvalue weighted by atomic mass is 35.5. The summed E-state index contributed by atoms with van der Waals surface area (Å²) >= 11 is 5.80. The van der Waals surface area contributed by atoms with Crippen LogP contribution >= 0.6 is 11.6 Å². The van der Waals surface area contributed by atoms with E-state index in [4.69, 9.17) is 22.1 Å². The van der Waals surface area contributed by atoms with Crippen molar-refractivity contribution in [1.82, 2.24) is 0 Å². The molecular weight excluding hydrogens is 260 g/mol. The van der Waals surface area contributed by atoms with E-state index in [1.54, 1.807) is 18.2 Å². The van der Waals surface area contributed by atoms with Gasteiger partial charge in [0.15, 0.2) is 17.4 Å². The van der Waals surface area contributed by atoms with Gasteiger partial charge in [0.25, 0.3) is 0 Å². The molecule has 0 bridgehead atoms. The normalized spacial score (nSPS) is 10.4. The summed E-state index contributed by atoms with van der Waals surface area (Å²) in [7, 11) is 0. The van der Waals surface area contributed by atoms with Crippen molar-refractivity contribution in [1.29, 1.82) is 0 Å². The van der Waals surface area contributed by atoms with E-state index in [9.17, 15) is 8.78 Å². The Kier molecular flexibility index (Phi) is 3.67. The molecule has 0 saturated carbocycles. The number of rotatable bonds is 3. The van der Waals surface area contributed by atoms with E-state index in [1.807, 2.05) is 0 Å². The lowest BCUT2D eigenvalue weighted by molar-refractivity contribution is 0.274. The highest BCUT2D eigenvalue weighted by Crippen LogP contribution is 2.24. The van der Waals surface area contributed by atoms with Gasteiger partial charge < -0.3 is 10.5 Å². The maximum absolute atomic E-state index is 13.3. The molecule has 0 spiro atoms. The minimum atomic E-state index is -0.754. The van der Waals surface area contributed by atoms with E-state index in [1.165, 1.54) is 6.07 Å². The lowest BCUT2D eigenvalue weighted by Gasteiger charge is -2.10. The van der Waals surface area contributed by atoms with Crippen LogP contribution < -0.4 is 10.5 Å². The zero-order chi connectivity index (χ0) is 13.1. The molecule has 2 aromatic carbocycles. The summed E-state index contributed by atoms with van der Waals surface area (Å²) < 4.78 is 31.7. The summed E-state index contributed by atoms with van der Waals surface area (Å²) in [6, 6.07) is 8.35. The van der Waals surface area contributed by atoms with Crippen molar-refractivity contribution in [3.8, 4) is 5.75 Å². The number of halogens is 3. The van der Waals surface area contributed by atoms with Crippen LogP contribution in [-0.2, 0) is 6.61 Å². The third-order valence-corrected chi connectivity index (χ3v) is 2.63. The number of anilines is 1. The van der Waals surface area contributed by atoms with Crippen LogP contribution in [0.25, 0.3) is 0 Å². The number of nitrogen functional groups attached to an aromatic ring is 1. The molecular formula is C13H10ClF2NO. The smallest absolute Gasteiger partial charge is 0.191 e. The first-order valence-corrected chi connectivity index (χ1v) is 5.56. The molecule has 2 rings (SSSR count). The predicted molar refractivity (Wildman–Crippen MR) is 66.6 cm³/mol. The van der Waals surface area contributed by atoms with Gasteiger partial charge in [-0.05, 0) is 30.3 Å². The summed E-state index contributed by atoms with van der Waals surface area (Å²) in [6.07, 6.45) is 0. The second kappa shape index (κ2) is 5.23. The summed E-state index contributed by atoms with van der Waals surface area (Å²) in [5.74, 6) is -1.93. The molecule has 0 fully saturated rings. The molecule has 0 aromatic heterocycles. The van der Waals surface area contributed by atoms with Gasteiger partial charge in [-0.3, -0.25) is 0 Å². The quantitative estimate of drug-likeness (QED) is 0.861. The van der Waals surface area contributed by atoms with E-state index >= 15 is 0 Å². The Labute approximate surface area is 108 Å². The Morgan fingerprint density at radius 3 is 2.44 bits per heavy atom. The molecule has 0 aliphatic rings. The van der Waals surface area contributed by atoms with Gasteiger partial charge in [-0.25, -0.2) is 8.78 Å². The van der Waals surface area contributed by atoms with E-state index < -0.39 is 17.4 Å². The summed E-state index contributed by atoms with van der Waals surface area (Å²) in [6.45, 7) is -0.0513. The highest BCUT2D eigenvalue weighted by Gasteiger charge is 2.10. The van der Waals surface area contributed by atoms with Crippen molar-refractivity contribution in [2.45, 2.75) is 6.61 Å². The number of hydrogen-bond donors (Lipinski definition) is 1. The van der Waals surface area contributed by atoms with E-state index in [0.717, 1.165) is 12.1 Å². The van der Waals surface area contributed by atoms with Gasteiger partial charge in [-0.1, -0.05) is 17.7 Å². The van der Waals surface area contributed by atoms with Crippen molar-refractivity contribution in [2.75, 3.05) is 5.73 Å². The van der Waals surface area contributed by atoms with Crippen molar-refractivity contribution >= 4 is 17.3 Å². The first-order valence-electron chi connectivity index (χ1n) is 5.18. The molecule has 0 unspecified atom stereocenters. The maximum atomic E-state index is 13.3. The predicted octanol–water partition coefficient (Wildman–Crippen LogP) is 3.78. The average molecular weight is 270 g/mol. The standard InChI is InChI=1S/C13H10ClF2NO/c14-9-4-5-12(17)8(6-9)7-18-13-10(15)2-1-3-11(13)16/h1-6H,7,17H2. The van der Waals surface area contributed by atoms with E-state index in [2.05, 4.69) is 0 Å². The molecule has 5 heteroatoms. The molecule has 18 heavy (non-hydrogen) atoms. The topological polar surface area (TPSA) is 35.2 Å². The number of nitrogens with two attached hydrogens (primary N) is 1. The number of hydrogen-bond acceptors (Lipinski definition) is 2. The van der Waals surface area contributed by atoms with Gasteiger partial charge in [0.2, 0.25) is 0 Å². The van der Waals surface area contributed by atoms with E-state index in [-0.39, 0.29) is 6.61 Å². The first-order chi connectivity index (χ1) is 8.58. The molecule has 0 aliphatic carbocycles. The molecule has 0 aliphatic heterocycles. The number of benzene rings is 2. The van der Waals surface area contributed by atoms with Crippen LogP contribution in [0.5, 0.6) is 5.75 Å². The monoisotopic (exact) mass is 269 g/mol. The van der Waals surface area contributed by atoms with Crippen molar-refractivity contribution in [3.05, 3.63) is 58.6 Å². The third kappa shape index (κ3) is 2.71. The van der Waals surface area contributed by atoms with Gasteiger partial charge in [0, 0.05) is 16.3 Å². The fraction of sp³-hybridized carbons (Fsp3) is 0.0769. The summed E-state index contributed by atoms with van der Waals surface area (Å²) in [5, 5.41) is 0.483. The Morgan fingerprint density at radius 2 is 1.78 bits per heavy atom. The molecule has 0 saturated heterocycles. The SMILES string of the molecule is Nc1ccc(Cl)cc1COc1c(F)cccc1F. The largest absolute Gasteiger partial charge is 0.483 e. The fourth-order valence-electron chi connectivity index (χ4n) is 1.47. The molecule has 94 valence electrons. The van der Waals surface area contributed by atoms with Gasteiger partial charge in [0.1, 0.15) is 6.61 Å². The van der Waals surface area contributed by atoms with Gasteiger partial charge in [-0.2, -0.15) is 0 Å². The Hall–Kier alpha value is -1.81. The second-order valence-electron chi connectivity index (χ2n) is 3.68. The van der Waals surface area contributed by atoms with Crippen LogP contribution in [0.1, 0.15) is 5.56 Å². The van der Waals surface area contributed by atoms with E-state index in [0.29, 0.717) is 16.3 Å². The van der Waals surface area contributed by atoms with Crippen LogP contribution in [0.2, 0.25) is 5.02 Å². The first kappa shape index (κ1) is 12.6. The Balaban J connectivity index is 2.19. The molecule has 2 N–H and O–H groups in total. The third-order valence-electron chi connectivity index (χ3n) is 2.40. The molecule has 0 amide bonds. The van der Waals surface area contributed by atoms with Crippen LogP contribution in [0, 0.1) is 11.6 Å². The Bertz CT molecular complexity index is 555. The van der Waals surface area contributed by atoms with Crippen molar-refractivity contribution < 1.29 is 13.5 Å². The number of para-hydroxylation sites is 1. The van der Waals surface area contributed by atoms with Gasteiger partial charge in [-0.15, -0.1) is 0 Å². The molecule has 0 radical (unpaired) electrons. The zero-order valence-electron chi connectivity index (χ0n) is 9.29. The summed E-state index contributed by atoms with van der Waals surface area (Å²) in [4.78, 5) is 0. The van der Waals surface area contributed by atoms with Crippen molar-refractivity contribution in [3.63, 3.8) is 0 Å². The molecule has 2 aromatic rings. The molecule has 0 atom stereocenters. The number of ether oxygens (including phenoxy) is 1. The lowest BCUT2D eigenvalue weighted by atomic mass is 10.2. The van der Waals surface area contributed by atoms with Crippen LogP contribution in [-0.4, -0.2) is 0 Å². The van der Waals surface area contributed by atoms with Gasteiger partial charge >= 0.3 is 0 Å². The maximum Gasteiger partial charge on any atom is 0.191 e. The lowest BCUT2D eigenvalue weighted by Crippen LogP contribution is -2.02. The molecule has 2 nitrogen and oxygen atoms in total. The fourth-order valence-corrected chi connectivity index (χ4v) is 1.66. The Morgan fingerprint density at radius 1 is 1.11 bits per heavy atom. The van der Waals surface area contributed by atoms with Crippen molar-refractivity contribution in [2.24, 2.45) is 0 Å². The van der Waals surface area contributed by atoms with Crippen LogP contribution in [0.3, 0.4) is 0 Å². The minimum absolute atomic E-state index is 0.0513. The second-order valence-corrected chi connectivity index (χ2v) is 4.12. The highest BCUT2D eigenvalue weighted by molar-refractivity contribution is 6.30. The van der Waals surface area contributed by atoms with Crippen LogP contribution in [0.4, 0.5) is 14.5 Å². The summed E-state index contributed by atoms with van der Waals surface area (Å²) in [5.41, 5.74) is 6.73. The zero-order valence-corrected chi connectivity index (χ0v) is 10.0. The average Bonchev–Trinajstić information content (AvgIpc) is 2.33. The van der Waals surface area contributed by atoms with Crippen LogP contribution in [0.15, 0.2) is 36.4 Å². The van der Waals surface area contributed by atoms with Gasteiger partial charge in [0.05, 0.1) is 0 Å². The minimum Gasteiger partial charge on any atom is -0.483 e. The molecule has 0 heterocycles.